The van der Waals surface area contributed by atoms with Gasteiger partial charge in [-0.2, -0.15) is 0 Å². The Morgan fingerprint density at radius 3 is 2.83 bits per heavy atom. The standard InChI is InChI=1S/C18H20N4OS/c1-13-19-16(12-24-13)17-20-18(15-8-10-23-11-15)22(21-17)9-7-14-5-3-2-4-6-14/h2-6,12,15H,7-11H2,1H3. The normalized spacial score (nSPS) is 17.5. The molecule has 124 valence electrons. The SMILES string of the molecule is Cc1nc(-c2nc(C3CCOC3)n(CCc3ccccc3)n2)cs1. The molecule has 24 heavy (non-hydrogen) atoms. The summed E-state index contributed by atoms with van der Waals surface area (Å²) >= 11 is 1.63. The molecule has 0 radical (unpaired) electrons. The van der Waals surface area contributed by atoms with Gasteiger partial charge in [-0.25, -0.2) is 14.6 Å². The summed E-state index contributed by atoms with van der Waals surface area (Å²) in [5, 5.41) is 7.81. The molecule has 3 heterocycles. The number of aryl methyl sites for hydroxylation is 3. The van der Waals surface area contributed by atoms with Crippen molar-refractivity contribution in [2.45, 2.75) is 32.2 Å². The molecule has 6 heteroatoms. The first kappa shape index (κ1) is 15.5. The smallest absolute Gasteiger partial charge is 0.200 e. The molecule has 1 aliphatic heterocycles. The lowest BCUT2D eigenvalue weighted by atomic mass is 10.1. The average molecular weight is 340 g/mol. The van der Waals surface area contributed by atoms with Gasteiger partial charge in [-0.15, -0.1) is 16.4 Å². The van der Waals surface area contributed by atoms with Gasteiger partial charge in [0.1, 0.15) is 11.5 Å². The van der Waals surface area contributed by atoms with Crippen LogP contribution in [-0.2, 0) is 17.7 Å². The fraction of sp³-hybridized carbons (Fsp3) is 0.389. The number of aromatic nitrogens is 4. The predicted octanol–water partition coefficient (Wildman–Crippen LogP) is 3.46. The highest BCUT2D eigenvalue weighted by Crippen LogP contribution is 2.27. The Morgan fingerprint density at radius 1 is 1.25 bits per heavy atom. The van der Waals surface area contributed by atoms with Crippen molar-refractivity contribution >= 4 is 11.3 Å². The summed E-state index contributed by atoms with van der Waals surface area (Å²) < 4.78 is 7.61. The molecule has 0 amide bonds. The summed E-state index contributed by atoms with van der Waals surface area (Å²) in [6.45, 7) is 4.37. The molecule has 0 aliphatic carbocycles. The largest absolute Gasteiger partial charge is 0.381 e. The first-order chi connectivity index (χ1) is 11.8. The van der Waals surface area contributed by atoms with E-state index < -0.39 is 0 Å². The Morgan fingerprint density at radius 2 is 2.12 bits per heavy atom. The van der Waals surface area contributed by atoms with E-state index in [1.807, 2.05) is 18.4 Å². The van der Waals surface area contributed by atoms with Gasteiger partial charge in [0.25, 0.3) is 0 Å². The molecule has 1 unspecified atom stereocenters. The van der Waals surface area contributed by atoms with Crippen molar-refractivity contribution in [3.63, 3.8) is 0 Å². The molecule has 3 aromatic rings. The van der Waals surface area contributed by atoms with Crippen molar-refractivity contribution in [2.75, 3.05) is 13.2 Å². The summed E-state index contributed by atoms with van der Waals surface area (Å²) in [5.41, 5.74) is 2.18. The van der Waals surface area contributed by atoms with Crippen LogP contribution in [0.15, 0.2) is 35.7 Å². The van der Waals surface area contributed by atoms with Crippen LogP contribution in [0.5, 0.6) is 0 Å². The lowest BCUT2D eigenvalue weighted by molar-refractivity contribution is 0.192. The highest BCUT2D eigenvalue weighted by atomic mass is 32.1. The second-order valence-corrected chi connectivity index (χ2v) is 7.13. The van der Waals surface area contributed by atoms with Crippen LogP contribution in [-0.4, -0.2) is 33.0 Å². The number of thiazole rings is 1. The molecule has 1 aliphatic rings. The van der Waals surface area contributed by atoms with Gasteiger partial charge in [-0.3, -0.25) is 0 Å². The number of rotatable bonds is 5. The maximum absolute atomic E-state index is 5.55. The van der Waals surface area contributed by atoms with E-state index in [4.69, 9.17) is 14.8 Å². The van der Waals surface area contributed by atoms with Gasteiger partial charge in [-0.1, -0.05) is 30.3 Å². The molecule has 5 nitrogen and oxygen atoms in total. The van der Waals surface area contributed by atoms with E-state index in [1.165, 1.54) is 5.56 Å². The number of benzene rings is 1. The molecule has 1 fully saturated rings. The molecule has 1 aromatic carbocycles. The van der Waals surface area contributed by atoms with Crippen molar-refractivity contribution in [1.82, 2.24) is 19.7 Å². The molecule has 0 spiro atoms. The average Bonchev–Trinajstić information content (AvgIpc) is 3.34. The zero-order chi connectivity index (χ0) is 16.4. The van der Waals surface area contributed by atoms with Crippen LogP contribution in [0.4, 0.5) is 0 Å². The van der Waals surface area contributed by atoms with Crippen molar-refractivity contribution in [2.24, 2.45) is 0 Å². The van der Waals surface area contributed by atoms with Crippen molar-refractivity contribution < 1.29 is 4.74 Å². The van der Waals surface area contributed by atoms with Crippen molar-refractivity contribution in [3.8, 4) is 11.5 Å². The summed E-state index contributed by atoms with van der Waals surface area (Å²) in [7, 11) is 0. The molecule has 1 atom stereocenters. The first-order valence-electron chi connectivity index (χ1n) is 8.28. The fourth-order valence-electron chi connectivity index (χ4n) is 3.01. The fourth-order valence-corrected chi connectivity index (χ4v) is 3.60. The zero-order valence-electron chi connectivity index (χ0n) is 13.7. The van der Waals surface area contributed by atoms with Gasteiger partial charge in [-0.05, 0) is 25.3 Å². The van der Waals surface area contributed by atoms with Crippen LogP contribution in [0, 0.1) is 6.92 Å². The Kier molecular flexibility index (Phi) is 4.40. The van der Waals surface area contributed by atoms with E-state index in [0.29, 0.717) is 5.92 Å². The third kappa shape index (κ3) is 3.25. The second kappa shape index (κ2) is 6.83. The molecular formula is C18H20N4OS. The number of ether oxygens (including phenoxy) is 1. The zero-order valence-corrected chi connectivity index (χ0v) is 14.5. The van der Waals surface area contributed by atoms with E-state index in [9.17, 15) is 0 Å². The summed E-state index contributed by atoms with van der Waals surface area (Å²) in [4.78, 5) is 9.33. The van der Waals surface area contributed by atoms with Gasteiger partial charge in [0, 0.05) is 24.4 Å². The number of hydrogen-bond acceptors (Lipinski definition) is 5. The first-order valence-corrected chi connectivity index (χ1v) is 9.16. The topological polar surface area (TPSA) is 52.8 Å². The molecular weight excluding hydrogens is 320 g/mol. The highest BCUT2D eigenvalue weighted by molar-refractivity contribution is 7.09. The van der Waals surface area contributed by atoms with Crippen molar-refractivity contribution in [3.05, 3.63) is 52.1 Å². The van der Waals surface area contributed by atoms with Crippen LogP contribution in [0.2, 0.25) is 0 Å². The summed E-state index contributed by atoms with van der Waals surface area (Å²) in [6.07, 6.45) is 1.96. The van der Waals surface area contributed by atoms with Crippen LogP contribution in [0.3, 0.4) is 0 Å². The molecule has 0 N–H and O–H groups in total. The van der Waals surface area contributed by atoms with Crippen LogP contribution >= 0.6 is 11.3 Å². The van der Waals surface area contributed by atoms with Crippen LogP contribution < -0.4 is 0 Å². The number of nitrogens with zero attached hydrogens (tertiary/aromatic N) is 4. The van der Waals surface area contributed by atoms with Gasteiger partial charge in [0.15, 0.2) is 0 Å². The van der Waals surface area contributed by atoms with Gasteiger partial charge < -0.3 is 4.74 Å². The number of hydrogen-bond donors (Lipinski definition) is 0. The Labute approximate surface area is 145 Å². The lowest BCUT2D eigenvalue weighted by Gasteiger charge is -2.09. The minimum absolute atomic E-state index is 0.335. The minimum Gasteiger partial charge on any atom is -0.381 e. The lowest BCUT2D eigenvalue weighted by Crippen LogP contribution is -2.12. The van der Waals surface area contributed by atoms with E-state index in [-0.39, 0.29) is 0 Å². The molecule has 1 saturated heterocycles. The minimum atomic E-state index is 0.335. The Bertz CT molecular complexity index is 806. The van der Waals surface area contributed by atoms with E-state index >= 15 is 0 Å². The maximum Gasteiger partial charge on any atom is 0.200 e. The molecule has 2 aromatic heterocycles. The van der Waals surface area contributed by atoms with Gasteiger partial charge in [0.2, 0.25) is 5.82 Å². The van der Waals surface area contributed by atoms with Crippen LogP contribution in [0.25, 0.3) is 11.5 Å². The third-order valence-corrected chi connectivity index (χ3v) is 5.07. The molecule has 0 saturated carbocycles. The Balaban J connectivity index is 1.61. The second-order valence-electron chi connectivity index (χ2n) is 6.06. The van der Waals surface area contributed by atoms with Gasteiger partial charge in [0.05, 0.1) is 11.6 Å². The van der Waals surface area contributed by atoms with E-state index in [0.717, 1.165) is 55.0 Å². The highest BCUT2D eigenvalue weighted by Gasteiger charge is 2.25. The maximum atomic E-state index is 5.55. The summed E-state index contributed by atoms with van der Waals surface area (Å²) in [5.74, 6) is 2.10. The van der Waals surface area contributed by atoms with E-state index in [2.05, 4.69) is 33.9 Å². The molecule has 4 rings (SSSR count). The van der Waals surface area contributed by atoms with Gasteiger partial charge >= 0.3 is 0 Å². The third-order valence-electron chi connectivity index (χ3n) is 4.30. The quantitative estimate of drug-likeness (QED) is 0.714. The monoisotopic (exact) mass is 340 g/mol. The molecule has 0 bridgehead atoms. The summed E-state index contributed by atoms with van der Waals surface area (Å²) in [6, 6.07) is 10.5. The van der Waals surface area contributed by atoms with E-state index in [1.54, 1.807) is 11.3 Å². The van der Waals surface area contributed by atoms with Crippen LogP contribution in [0.1, 0.15) is 28.7 Å². The van der Waals surface area contributed by atoms with Crippen molar-refractivity contribution in [1.29, 1.82) is 0 Å². The predicted molar refractivity (Wildman–Crippen MR) is 94.2 cm³/mol. The Hall–Kier alpha value is -2.05.